The van der Waals surface area contributed by atoms with Crippen LogP contribution in [0.25, 0.3) is 0 Å². The van der Waals surface area contributed by atoms with E-state index in [2.05, 4.69) is 15.2 Å². The Balaban J connectivity index is 1.70. The number of hydrogen-bond donors (Lipinski definition) is 2. The fraction of sp³-hybridized carbons (Fsp3) is 0.389. The minimum Gasteiger partial charge on any atom is -0.326 e. The molecule has 6 nitrogen and oxygen atoms in total. The van der Waals surface area contributed by atoms with Gasteiger partial charge in [-0.15, -0.1) is 0 Å². The molecule has 0 radical (unpaired) electrons. The van der Waals surface area contributed by atoms with Crippen LogP contribution in [0.3, 0.4) is 0 Å². The molecule has 2 N–H and O–H groups in total. The third-order valence-corrected chi connectivity index (χ3v) is 4.72. The third kappa shape index (κ3) is 2.58. The highest BCUT2D eigenvalue weighted by Crippen LogP contribution is 2.38. The first kappa shape index (κ1) is 14.9. The van der Waals surface area contributed by atoms with Crippen LogP contribution in [-0.2, 0) is 22.6 Å². The molecule has 0 saturated carbocycles. The number of aromatic nitrogens is 2. The summed E-state index contributed by atoms with van der Waals surface area (Å²) in [6.07, 6.45) is 3.65. The fourth-order valence-electron chi connectivity index (χ4n) is 3.62. The van der Waals surface area contributed by atoms with E-state index in [4.69, 9.17) is 4.98 Å². The Morgan fingerprint density at radius 2 is 2.08 bits per heavy atom. The summed E-state index contributed by atoms with van der Waals surface area (Å²) in [6.45, 7) is 2.41. The van der Waals surface area contributed by atoms with E-state index in [1.165, 1.54) is 6.92 Å². The number of nitrogens with zero attached hydrogens (tertiary/aromatic N) is 2. The van der Waals surface area contributed by atoms with Gasteiger partial charge in [0.05, 0.1) is 5.69 Å². The van der Waals surface area contributed by atoms with Crippen molar-refractivity contribution in [3.8, 4) is 0 Å². The largest absolute Gasteiger partial charge is 0.326 e. The van der Waals surface area contributed by atoms with E-state index < -0.39 is 0 Å². The van der Waals surface area contributed by atoms with E-state index in [1.807, 2.05) is 24.3 Å². The average Bonchev–Trinajstić information content (AvgIpc) is 2.93. The van der Waals surface area contributed by atoms with E-state index >= 15 is 0 Å². The Morgan fingerprint density at radius 3 is 2.83 bits per heavy atom. The molecule has 1 aromatic carbocycles. The number of imidazole rings is 1. The highest BCUT2D eigenvalue weighted by molar-refractivity contribution is 5.94. The molecule has 4 rings (SSSR count). The molecule has 0 saturated heterocycles. The number of hydrogen-bond acceptors (Lipinski definition) is 3. The molecule has 0 bridgehead atoms. The normalized spacial score (nSPS) is 19.2. The minimum absolute atomic E-state index is 0.0294. The lowest BCUT2D eigenvalue weighted by atomic mass is 9.89. The van der Waals surface area contributed by atoms with Gasteiger partial charge in [-0.3, -0.25) is 9.59 Å². The maximum Gasteiger partial charge on any atom is 0.226 e. The van der Waals surface area contributed by atoms with Gasteiger partial charge in [-0.25, -0.2) is 4.98 Å². The van der Waals surface area contributed by atoms with Crippen molar-refractivity contribution in [1.82, 2.24) is 9.55 Å². The molecular formula is C18H20N4O2. The zero-order valence-electron chi connectivity index (χ0n) is 13.6. The van der Waals surface area contributed by atoms with Gasteiger partial charge in [0.1, 0.15) is 11.6 Å². The second kappa shape index (κ2) is 5.78. The summed E-state index contributed by atoms with van der Waals surface area (Å²) in [7, 11) is 0. The minimum atomic E-state index is -0.0937. The van der Waals surface area contributed by atoms with Crippen molar-refractivity contribution in [2.75, 3.05) is 10.6 Å². The lowest BCUT2D eigenvalue weighted by molar-refractivity contribution is -0.117. The van der Waals surface area contributed by atoms with Crippen LogP contribution in [0, 0.1) is 0 Å². The first-order valence-corrected chi connectivity index (χ1v) is 8.38. The van der Waals surface area contributed by atoms with Gasteiger partial charge in [-0.1, -0.05) is 12.1 Å². The lowest BCUT2D eigenvalue weighted by Gasteiger charge is -2.24. The number of amides is 2. The predicted octanol–water partition coefficient (Wildman–Crippen LogP) is 2.65. The molecule has 6 heteroatoms. The van der Waals surface area contributed by atoms with E-state index in [-0.39, 0.29) is 17.7 Å². The molecule has 0 aliphatic carbocycles. The van der Waals surface area contributed by atoms with Crippen molar-refractivity contribution >= 4 is 23.3 Å². The van der Waals surface area contributed by atoms with Crippen molar-refractivity contribution in [2.45, 2.75) is 45.1 Å². The number of carbonyl (C=O) groups is 2. The number of aryl methyl sites for hydroxylation is 1. The van der Waals surface area contributed by atoms with Crippen LogP contribution in [0.5, 0.6) is 0 Å². The molecule has 2 aliphatic rings. The summed E-state index contributed by atoms with van der Waals surface area (Å²) in [4.78, 5) is 28.2. The monoisotopic (exact) mass is 324 g/mol. The quantitative estimate of drug-likeness (QED) is 0.891. The highest BCUT2D eigenvalue weighted by atomic mass is 16.2. The Hall–Kier alpha value is -2.63. The van der Waals surface area contributed by atoms with E-state index in [0.29, 0.717) is 6.42 Å². The van der Waals surface area contributed by atoms with Crippen LogP contribution in [-0.4, -0.2) is 21.4 Å². The van der Waals surface area contributed by atoms with Gasteiger partial charge >= 0.3 is 0 Å². The molecule has 2 aliphatic heterocycles. The smallest absolute Gasteiger partial charge is 0.226 e. The molecule has 1 aromatic heterocycles. The molecular weight excluding hydrogens is 304 g/mol. The zero-order chi connectivity index (χ0) is 16.7. The summed E-state index contributed by atoms with van der Waals surface area (Å²) in [5.41, 5.74) is 2.78. The average molecular weight is 324 g/mol. The summed E-state index contributed by atoms with van der Waals surface area (Å²) >= 11 is 0. The Labute approximate surface area is 140 Å². The number of fused-ring (bicyclic) bond motifs is 3. The van der Waals surface area contributed by atoms with Gasteiger partial charge in [-0.2, -0.15) is 0 Å². The van der Waals surface area contributed by atoms with Gasteiger partial charge < -0.3 is 15.2 Å². The molecule has 0 unspecified atom stereocenters. The van der Waals surface area contributed by atoms with Gasteiger partial charge in [-0.05, 0) is 30.5 Å². The molecule has 2 amide bonds. The summed E-state index contributed by atoms with van der Waals surface area (Å²) < 4.78 is 2.16. The molecule has 0 fully saturated rings. The van der Waals surface area contributed by atoms with E-state index in [1.54, 1.807) is 0 Å². The summed E-state index contributed by atoms with van der Waals surface area (Å²) in [5, 5.41) is 5.77. The Kier molecular flexibility index (Phi) is 3.59. The van der Waals surface area contributed by atoms with Gasteiger partial charge in [0.25, 0.3) is 0 Å². The second-order valence-electron chi connectivity index (χ2n) is 6.48. The molecule has 3 heterocycles. The summed E-state index contributed by atoms with van der Waals surface area (Å²) in [5.74, 6) is 1.86. The second-order valence-corrected chi connectivity index (χ2v) is 6.48. The van der Waals surface area contributed by atoms with Crippen LogP contribution >= 0.6 is 0 Å². The van der Waals surface area contributed by atoms with Crippen molar-refractivity contribution in [3.63, 3.8) is 0 Å². The molecule has 2 aromatic rings. The van der Waals surface area contributed by atoms with Crippen LogP contribution in [0.4, 0.5) is 11.5 Å². The molecule has 1 atom stereocenters. The topological polar surface area (TPSA) is 76.0 Å². The number of nitrogens with one attached hydrogen (secondary N) is 2. The van der Waals surface area contributed by atoms with Crippen molar-refractivity contribution in [2.24, 2.45) is 0 Å². The Bertz CT molecular complexity index is 807. The van der Waals surface area contributed by atoms with Crippen molar-refractivity contribution in [1.29, 1.82) is 0 Å². The fourth-order valence-corrected chi connectivity index (χ4v) is 3.62. The first-order valence-electron chi connectivity index (χ1n) is 8.38. The van der Waals surface area contributed by atoms with E-state index in [0.717, 1.165) is 54.4 Å². The highest BCUT2D eigenvalue weighted by Gasteiger charge is 2.33. The lowest BCUT2D eigenvalue weighted by Crippen LogP contribution is -2.25. The van der Waals surface area contributed by atoms with Crippen LogP contribution in [0.1, 0.15) is 49.2 Å². The molecule has 0 spiro atoms. The number of rotatable bonds is 2. The van der Waals surface area contributed by atoms with Crippen LogP contribution in [0.15, 0.2) is 24.3 Å². The standard InChI is InChI=1S/C18H20N4O2/c1-11(23)19-13-7-5-12(6-8-13)14-10-16(24)21-18-17(14)20-15-4-2-3-9-22(15)18/h5-8,14H,2-4,9-10H2,1H3,(H,19,23)(H,21,24)/t14-/m1/s1. The molecule has 24 heavy (non-hydrogen) atoms. The maximum absolute atomic E-state index is 12.2. The summed E-state index contributed by atoms with van der Waals surface area (Å²) in [6, 6.07) is 7.69. The van der Waals surface area contributed by atoms with Gasteiger partial charge in [0.15, 0.2) is 0 Å². The van der Waals surface area contributed by atoms with Crippen molar-refractivity contribution in [3.05, 3.63) is 41.3 Å². The number of carbonyl (C=O) groups excluding carboxylic acids is 2. The third-order valence-electron chi connectivity index (χ3n) is 4.72. The van der Waals surface area contributed by atoms with Crippen LogP contribution < -0.4 is 10.6 Å². The number of benzene rings is 1. The van der Waals surface area contributed by atoms with Crippen LogP contribution in [0.2, 0.25) is 0 Å². The van der Waals surface area contributed by atoms with E-state index in [9.17, 15) is 9.59 Å². The van der Waals surface area contributed by atoms with Gasteiger partial charge in [0, 0.05) is 37.9 Å². The maximum atomic E-state index is 12.2. The Morgan fingerprint density at radius 1 is 1.29 bits per heavy atom. The number of anilines is 2. The SMILES string of the molecule is CC(=O)Nc1ccc([C@H]2CC(=O)Nc3c2nc2n3CCCC2)cc1. The first-order chi connectivity index (χ1) is 11.6. The van der Waals surface area contributed by atoms with Gasteiger partial charge in [0.2, 0.25) is 11.8 Å². The zero-order valence-corrected chi connectivity index (χ0v) is 13.6. The molecule has 124 valence electrons. The van der Waals surface area contributed by atoms with Crippen molar-refractivity contribution < 1.29 is 9.59 Å². The predicted molar refractivity (Wildman–Crippen MR) is 91.0 cm³/mol.